The molecule has 13 heavy (non-hydrogen) atoms. The van der Waals surface area contributed by atoms with Gasteiger partial charge < -0.3 is 14.7 Å². The molecule has 1 aliphatic rings. The average molecular weight is 182 g/mol. The van der Waals surface area contributed by atoms with Gasteiger partial charge in [-0.05, 0) is 12.1 Å². The minimum Gasteiger partial charge on any atom is -0.504 e. The zero-order chi connectivity index (χ0) is 9.26. The van der Waals surface area contributed by atoms with Crippen LogP contribution in [0.3, 0.4) is 0 Å². The van der Waals surface area contributed by atoms with Crippen LogP contribution in [0.5, 0.6) is 17.2 Å². The van der Waals surface area contributed by atoms with Gasteiger partial charge in [0.05, 0.1) is 5.56 Å². The fourth-order valence-electron chi connectivity index (χ4n) is 1.06. The molecule has 1 N–H and O–H groups in total. The Kier molecular flexibility index (Phi) is 1.79. The molecule has 1 aliphatic heterocycles. The summed E-state index contributed by atoms with van der Waals surface area (Å²) in [7, 11) is 0. The van der Waals surface area contributed by atoms with Crippen molar-refractivity contribution >= 4 is 6.29 Å². The number of carbonyl (C=O) groups excluding carboxylic acids is 1. The third-order valence-corrected chi connectivity index (χ3v) is 1.64. The van der Waals surface area contributed by atoms with E-state index < -0.39 is 0 Å². The highest BCUT2D eigenvalue weighted by Gasteiger charge is 2.20. The lowest BCUT2D eigenvalue weighted by Gasteiger charge is -2.18. The van der Waals surface area contributed by atoms with Crippen molar-refractivity contribution in [1.82, 2.24) is 0 Å². The van der Waals surface area contributed by atoms with Crippen LogP contribution in [0.1, 0.15) is 10.4 Å². The van der Waals surface area contributed by atoms with Gasteiger partial charge in [-0.25, -0.2) is 0 Å². The first-order chi connectivity index (χ1) is 6.33. The lowest BCUT2D eigenvalue weighted by molar-refractivity contribution is -0.264. The Morgan fingerprint density at radius 1 is 1.38 bits per heavy atom. The lowest BCUT2D eigenvalue weighted by Crippen LogP contribution is -2.14. The van der Waals surface area contributed by atoms with E-state index in [1.807, 2.05) is 0 Å². The summed E-state index contributed by atoms with van der Waals surface area (Å²) in [4.78, 5) is 19.7. The van der Waals surface area contributed by atoms with E-state index in [0.29, 0.717) is 11.8 Å². The molecule has 2 rings (SSSR count). The second-order valence-electron chi connectivity index (χ2n) is 2.41. The van der Waals surface area contributed by atoms with Crippen LogP contribution >= 0.6 is 0 Å². The van der Waals surface area contributed by atoms with Crippen LogP contribution in [0.25, 0.3) is 0 Å². The summed E-state index contributed by atoms with van der Waals surface area (Å²) in [6, 6.07) is 2.77. The van der Waals surface area contributed by atoms with Crippen molar-refractivity contribution in [2.24, 2.45) is 0 Å². The summed E-state index contributed by atoms with van der Waals surface area (Å²) in [6.45, 7) is -0.0999. The van der Waals surface area contributed by atoms with Crippen molar-refractivity contribution in [3.05, 3.63) is 17.7 Å². The monoisotopic (exact) mass is 182 g/mol. The largest absolute Gasteiger partial charge is 0.504 e. The number of aldehydes is 1. The van der Waals surface area contributed by atoms with Gasteiger partial charge >= 0.3 is 0 Å². The number of hydrogen-bond acceptors (Lipinski definition) is 5. The summed E-state index contributed by atoms with van der Waals surface area (Å²) < 4.78 is 4.99. The summed E-state index contributed by atoms with van der Waals surface area (Å²) >= 11 is 0. The first-order valence-electron chi connectivity index (χ1n) is 3.56. The van der Waals surface area contributed by atoms with Crippen LogP contribution in [0.4, 0.5) is 0 Å². The number of carbonyl (C=O) groups is 1. The van der Waals surface area contributed by atoms with E-state index in [-0.39, 0.29) is 24.0 Å². The number of hydrogen-bond donors (Lipinski definition) is 1. The van der Waals surface area contributed by atoms with Crippen molar-refractivity contribution in [2.75, 3.05) is 6.79 Å². The maximum absolute atomic E-state index is 10.5. The van der Waals surface area contributed by atoms with Crippen molar-refractivity contribution in [1.29, 1.82) is 0 Å². The quantitative estimate of drug-likeness (QED) is 0.515. The molecule has 5 nitrogen and oxygen atoms in total. The van der Waals surface area contributed by atoms with Gasteiger partial charge in [0.25, 0.3) is 0 Å². The van der Waals surface area contributed by atoms with Crippen molar-refractivity contribution < 1.29 is 24.4 Å². The maximum Gasteiger partial charge on any atom is 0.249 e. The van der Waals surface area contributed by atoms with E-state index in [1.165, 1.54) is 12.1 Å². The van der Waals surface area contributed by atoms with Gasteiger partial charge in [-0.2, -0.15) is 0 Å². The van der Waals surface area contributed by atoms with Gasteiger partial charge in [0.2, 0.25) is 12.5 Å². The molecule has 0 unspecified atom stereocenters. The minimum absolute atomic E-state index is 0.0378. The summed E-state index contributed by atoms with van der Waals surface area (Å²) in [5, 5.41) is 9.28. The topological polar surface area (TPSA) is 65.0 Å². The molecular formula is C8H6O5. The highest BCUT2D eigenvalue weighted by molar-refractivity contribution is 5.82. The lowest BCUT2D eigenvalue weighted by atomic mass is 10.2. The predicted octanol–water partition coefficient (Wildman–Crippen LogP) is 0.865. The molecule has 0 aromatic heterocycles. The van der Waals surface area contributed by atoms with Crippen molar-refractivity contribution in [3.8, 4) is 17.2 Å². The van der Waals surface area contributed by atoms with Crippen LogP contribution in [0.15, 0.2) is 12.1 Å². The van der Waals surface area contributed by atoms with Crippen molar-refractivity contribution in [2.45, 2.75) is 0 Å². The number of ether oxygens (including phenoxy) is 1. The Morgan fingerprint density at radius 3 is 3.00 bits per heavy atom. The zero-order valence-corrected chi connectivity index (χ0v) is 6.52. The van der Waals surface area contributed by atoms with Crippen LogP contribution in [0.2, 0.25) is 0 Å². The molecule has 68 valence electrons. The van der Waals surface area contributed by atoms with E-state index in [9.17, 15) is 9.90 Å². The molecule has 0 saturated carbocycles. The smallest absolute Gasteiger partial charge is 0.249 e. The van der Waals surface area contributed by atoms with Gasteiger partial charge in [-0.3, -0.25) is 4.79 Å². The van der Waals surface area contributed by atoms with Crippen LogP contribution in [-0.2, 0) is 4.89 Å². The first-order valence-corrected chi connectivity index (χ1v) is 3.56. The van der Waals surface area contributed by atoms with Gasteiger partial charge in [0, 0.05) is 0 Å². The normalized spacial score (nSPS) is 13.8. The molecule has 0 atom stereocenters. The minimum atomic E-state index is -0.125. The van der Waals surface area contributed by atoms with Gasteiger partial charge in [-0.15, -0.1) is 4.89 Å². The Bertz CT molecular complexity index is 347. The molecule has 1 aromatic rings. The number of rotatable bonds is 1. The fraction of sp³-hybridized carbons (Fsp3) is 0.125. The number of benzene rings is 1. The summed E-state index contributed by atoms with van der Waals surface area (Å²) in [5.41, 5.74) is 0.316. The Labute approximate surface area is 73.4 Å². The number of aromatic hydroxyl groups is 1. The Hall–Kier alpha value is -1.75. The third kappa shape index (κ3) is 1.19. The van der Waals surface area contributed by atoms with Gasteiger partial charge in [0.15, 0.2) is 17.8 Å². The Morgan fingerprint density at radius 2 is 2.23 bits per heavy atom. The van der Waals surface area contributed by atoms with E-state index >= 15 is 0 Å². The molecule has 0 radical (unpaired) electrons. The van der Waals surface area contributed by atoms with E-state index in [4.69, 9.17) is 4.74 Å². The highest BCUT2D eigenvalue weighted by atomic mass is 17.2. The van der Waals surface area contributed by atoms with E-state index in [0.717, 1.165) is 0 Å². The van der Waals surface area contributed by atoms with E-state index in [2.05, 4.69) is 9.78 Å². The molecule has 0 amide bonds. The standard InChI is InChI=1S/C8H6O5/c9-3-5-1-2-6(10)8-7(5)11-4-12-13-8/h1-3,10H,4H2. The zero-order valence-electron chi connectivity index (χ0n) is 6.52. The predicted molar refractivity (Wildman–Crippen MR) is 40.7 cm³/mol. The molecule has 0 fully saturated rings. The summed E-state index contributed by atoms with van der Waals surface area (Å²) in [6.07, 6.45) is 0.618. The molecule has 1 aromatic carbocycles. The fourth-order valence-corrected chi connectivity index (χ4v) is 1.06. The van der Waals surface area contributed by atoms with Crippen LogP contribution in [0, 0.1) is 0 Å². The van der Waals surface area contributed by atoms with Crippen molar-refractivity contribution in [3.63, 3.8) is 0 Å². The third-order valence-electron chi connectivity index (χ3n) is 1.64. The highest BCUT2D eigenvalue weighted by Crippen LogP contribution is 2.40. The number of phenols is 1. The molecule has 0 saturated heterocycles. The number of phenolic OH excluding ortho intramolecular Hbond substituents is 1. The second-order valence-corrected chi connectivity index (χ2v) is 2.41. The average Bonchev–Trinajstić information content (AvgIpc) is 2.19. The first kappa shape index (κ1) is 7.88. The molecule has 1 heterocycles. The summed E-state index contributed by atoms with van der Waals surface area (Å²) in [5.74, 6) is 0.123. The number of fused-ring (bicyclic) bond motifs is 1. The molecule has 0 spiro atoms. The van der Waals surface area contributed by atoms with Crippen LogP contribution in [-0.4, -0.2) is 18.2 Å². The SMILES string of the molecule is O=Cc1ccc(O)c2c1OCOO2. The molecule has 0 bridgehead atoms. The van der Waals surface area contributed by atoms with Gasteiger partial charge in [0.1, 0.15) is 0 Å². The Balaban J connectivity index is 2.58. The maximum atomic E-state index is 10.5. The molecule has 5 heteroatoms. The molecule has 0 aliphatic carbocycles. The van der Waals surface area contributed by atoms with Crippen LogP contribution < -0.4 is 9.62 Å². The second kappa shape index (κ2) is 2.95. The van der Waals surface area contributed by atoms with Gasteiger partial charge in [-0.1, -0.05) is 0 Å². The molecular weight excluding hydrogens is 176 g/mol. The van der Waals surface area contributed by atoms with E-state index in [1.54, 1.807) is 0 Å².